The summed E-state index contributed by atoms with van der Waals surface area (Å²) in [4.78, 5) is 12.1. The highest BCUT2D eigenvalue weighted by Gasteiger charge is 2.03. The van der Waals surface area contributed by atoms with Gasteiger partial charge in [-0.3, -0.25) is 4.79 Å². The first-order valence-corrected chi connectivity index (χ1v) is 7.83. The molecular formula is C14H20ClNO2S. The van der Waals surface area contributed by atoms with Crippen LogP contribution in [0.5, 0.6) is 0 Å². The van der Waals surface area contributed by atoms with E-state index in [9.17, 15) is 4.79 Å². The topological polar surface area (TPSA) is 52.3 Å². The van der Waals surface area contributed by atoms with Crippen molar-refractivity contribution >= 4 is 35.0 Å². The fraction of sp³-hybridized carbons (Fsp3) is 0.500. The summed E-state index contributed by atoms with van der Waals surface area (Å²) in [5.41, 5.74) is 6.63. The number of carbonyl (C=O) groups excluding carboxylic acids is 1. The first-order valence-electron chi connectivity index (χ1n) is 6.47. The van der Waals surface area contributed by atoms with Gasteiger partial charge < -0.3 is 10.5 Å². The number of hydrogen-bond donors (Lipinski definition) is 1. The predicted molar refractivity (Wildman–Crippen MR) is 81.7 cm³/mol. The molecule has 0 aliphatic heterocycles. The Kier molecular flexibility index (Phi) is 7.75. The maximum atomic E-state index is 11.1. The van der Waals surface area contributed by atoms with Crippen LogP contribution >= 0.6 is 23.4 Å². The van der Waals surface area contributed by atoms with E-state index in [2.05, 4.69) is 0 Å². The number of thioether (sulfide) groups is 1. The van der Waals surface area contributed by atoms with Crippen LogP contribution in [0.15, 0.2) is 23.1 Å². The van der Waals surface area contributed by atoms with Gasteiger partial charge in [-0.2, -0.15) is 0 Å². The van der Waals surface area contributed by atoms with Gasteiger partial charge in [0.15, 0.2) is 0 Å². The molecule has 0 heterocycles. The number of carbonyl (C=O) groups is 1. The van der Waals surface area contributed by atoms with E-state index in [0.717, 1.165) is 35.6 Å². The van der Waals surface area contributed by atoms with Crippen LogP contribution in [-0.4, -0.2) is 18.3 Å². The number of benzene rings is 1. The van der Waals surface area contributed by atoms with Gasteiger partial charge in [-0.15, -0.1) is 11.8 Å². The van der Waals surface area contributed by atoms with E-state index < -0.39 is 0 Å². The van der Waals surface area contributed by atoms with Crippen LogP contribution in [-0.2, 0) is 9.53 Å². The first kappa shape index (κ1) is 16.2. The molecule has 0 saturated carbocycles. The summed E-state index contributed by atoms with van der Waals surface area (Å²) < 4.78 is 4.87. The lowest BCUT2D eigenvalue weighted by Gasteiger charge is -2.06. The fourth-order valence-corrected chi connectivity index (χ4v) is 2.85. The number of anilines is 1. The molecule has 0 bridgehead atoms. The van der Waals surface area contributed by atoms with Gasteiger partial charge in [-0.05, 0) is 43.7 Å². The summed E-state index contributed by atoms with van der Waals surface area (Å²) in [5.74, 6) is 0.877. The molecule has 0 fully saturated rings. The number of rotatable bonds is 8. The molecule has 0 radical (unpaired) electrons. The quantitative estimate of drug-likeness (QED) is 0.339. The highest BCUT2D eigenvalue weighted by atomic mass is 35.5. The lowest BCUT2D eigenvalue weighted by Crippen LogP contribution is -2.03. The van der Waals surface area contributed by atoms with Crippen molar-refractivity contribution < 1.29 is 9.53 Å². The molecule has 1 aromatic carbocycles. The van der Waals surface area contributed by atoms with Crippen LogP contribution in [0.1, 0.15) is 32.6 Å². The lowest BCUT2D eigenvalue weighted by atomic mass is 10.2. The number of nitrogens with two attached hydrogens (primary N) is 1. The zero-order valence-electron chi connectivity index (χ0n) is 11.2. The molecule has 0 aliphatic carbocycles. The van der Waals surface area contributed by atoms with Gasteiger partial charge in [0.1, 0.15) is 0 Å². The maximum Gasteiger partial charge on any atom is 0.305 e. The first-order chi connectivity index (χ1) is 9.13. The zero-order chi connectivity index (χ0) is 14.1. The monoisotopic (exact) mass is 301 g/mol. The third kappa shape index (κ3) is 6.73. The van der Waals surface area contributed by atoms with Gasteiger partial charge >= 0.3 is 5.97 Å². The number of esters is 1. The molecule has 5 heteroatoms. The van der Waals surface area contributed by atoms with Crippen LogP contribution in [0, 0.1) is 0 Å². The number of unbranched alkanes of at least 4 members (excludes halogenated alkanes) is 2. The van der Waals surface area contributed by atoms with Crippen molar-refractivity contribution in [1.29, 1.82) is 0 Å². The Bertz CT molecular complexity index is 412. The Hall–Kier alpha value is -0.870. The molecule has 106 valence electrons. The number of ether oxygens (including phenoxy) is 1. The number of nitrogen functional groups attached to an aromatic ring is 1. The summed E-state index contributed by atoms with van der Waals surface area (Å²) in [6.07, 6.45) is 3.46. The predicted octanol–water partition coefficient (Wildman–Crippen LogP) is 4.14. The molecule has 0 aromatic heterocycles. The summed E-state index contributed by atoms with van der Waals surface area (Å²) in [5, 5.41) is 0.707. The minimum Gasteiger partial charge on any atom is -0.466 e. The molecular weight excluding hydrogens is 282 g/mol. The van der Waals surface area contributed by atoms with E-state index >= 15 is 0 Å². The summed E-state index contributed by atoms with van der Waals surface area (Å²) in [6, 6.07) is 5.51. The molecule has 0 amide bonds. The normalized spacial score (nSPS) is 10.4. The largest absolute Gasteiger partial charge is 0.466 e. The minimum atomic E-state index is -0.103. The van der Waals surface area contributed by atoms with Crippen LogP contribution in [0.2, 0.25) is 5.02 Å². The second-order valence-corrected chi connectivity index (χ2v) is 5.72. The Morgan fingerprint density at radius 2 is 2.16 bits per heavy atom. The van der Waals surface area contributed by atoms with Crippen molar-refractivity contribution in [3.63, 3.8) is 0 Å². The van der Waals surface area contributed by atoms with E-state index in [-0.39, 0.29) is 5.97 Å². The highest BCUT2D eigenvalue weighted by Crippen LogP contribution is 2.28. The smallest absolute Gasteiger partial charge is 0.305 e. The van der Waals surface area contributed by atoms with E-state index in [4.69, 9.17) is 22.1 Å². The average Bonchev–Trinajstić information content (AvgIpc) is 2.38. The third-order valence-electron chi connectivity index (χ3n) is 2.56. The van der Waals surface area contributed by atoms with Crippen molar-refractivity contribution in [3.8, 4) is 0 Å². The fourth-order valence-electron chi connectivity index (χ4n) is 1.60. The molecule has 0 spiro atoms. The van der Waals surface area contributed by atoms with Crippen molar-refractivity contribution in [2.24, 2.45) is 0 Å². The molecule has 0 saturated heterocycles. The highest BCUT2D eigenvalue weighted by molar-refractivity contribution is 7.99. The lowest BCUT2D eigenvalue weighted by molar-refractivity contribution is -0.143. The van der Waals surface area contributed by atoms with Crippen LogP contribution < -0.4 is 5.73 Å². The van der Waals surface area contributed by atoms with Gasteiger partial charge in [0, 0.05) is 22.0 Å². The van der Waals surface area contributed by atoms with E-state index in [0.29, 0.717) is 18.1 Å². The van der Waals surface area contributed by atoms with Gasteiger partial charge in [-0.1, -0.05) is 18.0 Å². The van der Waals surface area contributed by atoms with Crippen molar-refractivity contribution in [1.82, 2.24) is 0 Å². The summed E-state index contributed by atoms with van der Waals surface area (Å²) >= 11 is 7.63. The van der Waals surface area contributed by atoms with Crippen molar-refractivity contribution in [2.75, 3.05) is 18.1 Å². The molecule has 19 heavy (non-hydrogen) atoms. The van der Waals surface area contributed by atoms with E-state index in [1.807, 2.05) is 19.1 Å². The second kappa shape index (κ2) is 9.10. The van der Waals surface area contributed by atoms with E-state index in [1.165, 1.54) is 0 Å². The zero-order valence-corrected chi connectivity index (χ0v) is 12.7. The minimum absolute atomic E-state index is 0.103. The molecule has 0 atom stereocenters. The molecule has 2 N–H and O–H groups in total. The summed E-state index contributed by atoms with van der Waals surface area (Å²) in [7, 11) is 0. The molecule has 1 aromatic rings. The third-order valence-corrected chi connectivity index (χ3v) is 3.96. The van der Waals surface area contributed by atoms with Crippen molar-refractivity contribution in [3.05, 3.63) is 23.2 Å². The van der Waals surface area contributed by atoms with Gasteiger partial charge in [0.25, 0.3) is 0 Å². The van der Waals surface area contributed by atoms with Crippen LogP contribution in [0.4, 0.5) is 5.69 Å². The average molecular weight is 302 g/mol. The van der Waals surface area contributed by atoms with Crippen molar-refractivity contribution in [2.45, 2.75) is 37.5 Å². The van der Waals surface area contributed by atoms with Gasteiger partial charge in [-0.25, -0.2) is 0 Å². The maximum absolute atomic E-state index is 11.1. The Morgan fingerprint density at radius 1 is 1.37 bits per heavy atom. The van der Waals surface area contributed by atoms with Gasteiger partial charge in [0.2, 0.25) is 0 Å². The Labute approximate surface area is 123 Å². The SMILES string of the molecule is CCOC(=O)CCCCCSc1cc(Cl)ccc1N. The standard InChI is InChI=1S/C14H20ClNO2S/c1-2-18-14(17)6-4-3-5-9-19-13-10-11(15)7-8-12(13)16/h7-8,10H,2-6,9,16H2,1H3. The number of hydrogen-bond acceptors (Lipinski definition) is 4. The molecule has 0 aliphatic rings. The van der Waals surface area contributed by atoms with E-state index in [1.54, 1.807) is 17.8 Å². The van der Waals surface area contributed by atoms with Gasteiger partial charge in [0.05, 0.1) is 6.61 Å². The second-order valence-electron chi connectivity index (χ2n) is 4.15. The van der Waals surface area contributed by atoms with Crippen LogP contribution in [0.3, 0.4) is 0 Å². The Balaban J connectivity index is 2.14. The molecule has 1 rings (SSSR count). The molecule has 0 unspecified atom stereocenters. The number of halogens is 1. The summed E-state index contributed by atoms with van der Waals surface area (Å²) in [6.45, 7) is 2.28. The van der Waals surface area contributed by atoms with Crippen LogP contribution in [0.25, 0.3) is 0 Å². The molecule has 3 nitrogen and oxygen atoms in total. The Morgan fingerprint density at radius 3 is 2.89 bits per heavy atom.